The molecule has 0 saturated heterocycles. The van der Waals surface area contributed by atoms with Gasteiger partial charge >= 0.3 is 0 Å². The van der Waals surface area contributed by atoms with Crippen LogP contribution in [0.1, 0.15) is 44.9 Å². The first-order chi connectivity index (χ1) is 7.82. The van der Waals surface area contributed by atoms with Gasteiger partial charge in [-0.15, -0.1) is 0 Å². The Balaban J connectivity index is 1.62. The lowest BCUT2D eigenvalue weighted by molar-refractivity contribution is 0.0864. The van der Waals surface area contributed by atoms with Crippen molar-refractivity contribution in [2.24, 2.45) is 17.3 Å². The molecule has 3 unspecified atom stereocenters. The van der Waals surface area contributed by atoms with E-state index in [0.717, 1.165) is 24.5 Å². The van der Waals surface area contributed by atoms with Crippen LogP contribution in [0.5, 0.6) is 0 Å². The number of nitrogens with one attached hydrogen (secondary N) is 1. The molecule has 92 valence electrons. The maximum atomic E-state index is 5.33. The van der Waals surface area contributed by atoms with E-state index in [0.29, 0.717) is 5.41 Å². The standard InChI is InChI=1S/C14H25NO/c1-16-7-6-14(10-15-13-4-5-13)9-11-2-3-12(14)8-11/h11-13,15H,2-10H2,1H3. The highest BCUT2D eigenvalue weighted by molar-refractivity contribution is 5.02. The molecule has 2 heteroatoms. The maximum absolute atomic E-state index is 5.33. The fourth-order valence-electron chi connectivity index (χ4n) is 4.11. The van der Waals surface area contributed by atoms with E-state index in [-0.39, 0.29) is 0 Å². The largest absolute Gasteiger partial charge is 0.385 e. The molecule has 3 rings (SSSR count). The maximum Gasteiger partial charge on any atom is 0.0468 e. The monoisotopic (exact) mass is 223 g/mol. The Kier molecular flexibility index (Phi) is 2.97. The minimum atomic E-state index is 0.599. The van der Waals surface area contributed by atoms with Crippen LogP contribution in [-0.4, -0.2) is 26.3 Å². The highest BCUT2D eigenvalue weighted by Crippen LogP contribution is 2.57. The van der Waals surface area contributed by atoms with E-state index in [1.807, 2.05) is 7.11 Å². The Labute approximate surface area is 99.1 Å². The van der Waals surface area contributed by atoms with Gasteiger partial charge in [0, 0.05) is 26.3 Å². The highest BCUT2D eigenvalue weighted by Gasteiger charge is 2.50. The van der Waals surface area contributed by atoms with Crippen molar-refractivity contribution in [2.75, 3.05) is 20.3 Å². The molecular weight excluding hydrogens is 198 g/mol. The molecule has 3 saturated carbocycles. The molecule has 0 aromatic carbocycles. The molecule has 0 heterocycles. The lowest BCUT2D eigenvalue weighted by Crippen LogP contribution is -2.40. The molecule has 1 N–H and O–H groups in total. The third-order valence-corrected chi connectivity index (χ3v) is 5.23. The first-order valence-electron chi connectivity index (χ1n) is 7.05. The van der Waals surface area contributed by atoms with Gasteiger partial charge in [0.25, 0.3) is 0 Å². The van der Waals surface area contributed by atoms with Crippen LogP contribution >= 0.6 is 0 Å². The zero-order valence-corrected chi connectivity index (χ0v) is 10.5. The number of hydrogen-bond donors (Lipinski definition) is 1. The van der Waals surface area contributed by atoms with Gasteiger partial charge in [-0.3, -0.25) is 0 Å². The molecule has 3 fully saturated rings. The van der Waals surface area contributed by atoms with E-state index >= 15 is 0 Å². The van der Waals surface area contributed by atoms with Crippen LogP contribution in [0.15, 0.2) is 0 Å². The normalized spacial score (nSPS) is 41.8. The predicted molar refractivity (Wildman–Crippen MR) is 65.4 cm³/mol. The van der Waals surface area contributed by atoms with Crippen molar-refractivity contribution < 1.29 is 4.74 Å². The summed E-state index contributed by atoms with van der Waals surface area (Å²) >= 11 is 0. The summed E-state index contributed by atoms with van der Waals surface area (Å²) in [5.41, 5.74) is 0.599. The molecule has 0 aromatic heterocycles. The topological polar surface area (TPSA) is 21.3 Å². The van der Waals surface area contributed by atoms with Crippen molar-refractivity contribution in [1.29, 1.82) is 0 Å². The Morgan fingerprint density at radius 1 is 1.25 bits per heavy atom. The van der Waals surface area contributed by atoms with Gasteiger partial charge in [0.15, 0.2) is 0 Å². The second-order valence-corrected chi connectivity index (χ2v) is 6.34. The van der Waals surface area contributed by atoms with Crippen LogP contribution < -0.4 is 5.32 Å². The van der Waals surface area contributed by atoms with Gasteiger partial charge in [-0.1, -0.05) is 6.42 Å². The summed E-state index contributed by atoms with van der Waals surface area (Å²) in [5.74, 6) is 2.04. The quantitative estimate of drug-likeness (QED) is 0.747. The lowest BCUT2D eigenvalue weighted by Gasteiger charge is -2.38. The van der Waals surface area contributed by atoms with Crippen molar-refractivity contribution in [2.45, 2.75) is 51.0 Å². The Morgan fingerprint density at radius 3 is 2.69 bits per heavy atom. The molecule has 16 heavy (non-hydrogen) atoms. The first kappa shape index (κ1) is 11.0. The van der Waals surface area contributed by atoms with Crippen LogP contribution in [0.3, 0.4) is 0 Å². The molecule has 0 spiro atoms. The third kappa shape index (κ3) is 2.02. The average Bonchev–Trinajstić information content (AvgIpc) is 2.93. The van der Waals surface area contributed by atoms with Gasteiger partial charge in [-0.25, -0.2) is 0 Å². The zero-order chi connectivity index (χ0) is 11.0. The fraction of sp³-hybridized carbons (Fsp3) is 1.00. The van der Waals surface area contributed by atoms with Crippen LogP contribution in [0.25, 0.3) is 0 Å². The van der Waals surface area contributed by atoms with Gasteiger partial charge in [0.05, 0.1) is 0 Å². The molecule has 0 amide bonds. The van der Waals surface area contributed by atoms with Crippen molar-refractivity contribution in [3.8, 4) is 0 Å². The molecule has 2 bridgehead atoms. The van der Waals surface area contributed by atoms with Gasteiger partial charge in [0.2, 0.25) is 0 Å². The highest BCUT2D eigenvalue weighted by atomic mass is 16.5. The van der Waals surface area contributed by atoms with E-state index in [2.05, 4.69) is 5.32 Å². The molecule has 3 aliphatic rings. The van der Waals surface area contributed by atoms with E-state index in [1.165, 1.54) is 51.5 Å². The second kappa shape index (κ2) is 4.30. The van der Waals surface area contributed by atoms with Crippen LogP contribution in [0.2, 0.25) is 0 Å². The SMILES string of the molecule is COCCC1(CNC2CC2)CC2CCC1C2. The predicted octanol–water partition coefficient (Wildman–Crippen LogP) is 2.58. The van der Waals surface area contributed by atoms with Crippen LogP contribution in [0, 0.1) is 17.3 Å². The first-order valence-corrected chi connectivity index (χ1v) is 7.05. The minimum absolute atomic E-state index is 0.599. The number of hydrogen-bond acceptors (Lipinski definition) is 2. The van der Waals surface area contributed by atoms with E-state index in [1.54, 1.807) is 0 Å². The summed E-state index contributed by atoms with van der Waals surface area (Å²) in [4.78, 5) is 0. The Bertz CT molecular complexity index is 251. The molecular formula is C14H25NO. The molecule has 3 aliphatic carbocycles. The lowest BCUT2D eigenvalue weighted by atomic mass is 9.71. The van der Waals surface area contributed by atoms with Crippen LogP contribution in [-0.2, 0) is 4.74 Å². The van der Waals surface area contributed by atoms with Gasteiger partial charge in [-0.2, -0.15) is 0 Å². The number of rotatable bonds is 6. The summed E-state index contributed by atoms with van der Waals surface area (Å²) in [5, 5.41) is 3.78. The number of methoxy groups -OCH3 is 1. The van der Waals surface area contributed by atoms with Gasteiger partial charge in [-0.05, 0) is 55.8 Å². The van der Waals surface area contributed by atoms with E-state index in [4.69, 9.17) is 4.74 Å². The van der Waals surface area contributed by atoms with Crippen LogP contribution in [0.4, 0.5) is 0 Å². The molecule has 2 nitrogen and oxygen atoms in total. The van der Waals surface area contributed by atoms with E-state index in [9.17, 15) is 0 Å². The number of ether oxygens (including phenoxy) is 1. The van der Waals surface area contributed by atoms with Crippen molar-refractivity contribution in [1.82, 2.24) is 5.32 Å². The van der Waals surface area contributed by atoms with Crippen molar-refractivity contribution in [3.05, 3.63) is 0 Å². The summed E-state index contributed by atoms with van der Waals surface area (Å²) in [7, 11) is 1.84. The summed E-state index contributed by atoms with van der Waals surface area (Å²) in [6.45, 7) is 2.22. The van der Waals surface area contributed by atoms with Crippen molar-refractivity contribution in [3.63, 3.8) is 0 Å². The summed E-state index contributed by atoms with van der Waals surface area (Å²) in [6.07, 6.45) is 10.1. The van der Waals surface area contributed by atoms with E-state index < -0.39 is 0 Å². The Morgan fingerprint density at radius 2 is 2.12 bits per heavy atom. The smallest absolute Gasteiger partial charge is 0.0468 e. The van der Waals surface area contributed by atoms with Gasteiger partial charge in [0.1, 0.15) is 0 Å². The minimum Gasteiger partial charge on any atom is -0.385 e. The van der Waals surface area contributed by atoms with Crippen molar-refractivity contribution >= 4 is 0 Å². The zero-order valence-electron chi connectivity index (χ0n) is 10.5. The second-order valence-electron chi connectivity index (χ2n) is 6.34. The Hall–Kier alpha value is -0.0800. The summed E-state index contributed by atoms with van der Waals surface area (Å²) < 4.78 is 5.33. The number of fused-ring (bicyclic) bond motifs is 2. The average molecular weight is 223 g/mol. The molecule has 0 aliphatic heterocycles. The molecule has 0 aromatic rings. The van der Waals surface area contributed by atoms with Gasteiger partial charge < -0.3 is 10.1 Å². The molecule has 0 radical (unpaired) electrons. The molecule has 3 atom stereocenters. The fourth-order valence-corrected chi connectivity index (χ4v) is 4.11. The third-order valence-electron chi connectivity index (χ3n) is 5.23. The summed E-state index contributed by atoms with van der Waals surface area (Å²) in [6, 6.07) is 0.860.